The van der Waals surface area contributed by atoms with E-state index in [0.717, 1.165) is 18.4 Å². The predicted octanol–water partition coefficient (Wildman–Crippen LogP) is 2.20. The summed E-state index contributed by atoms with van der Waals surface area (Å²) in [5, 5.41) is 2.99. The van der Waals surface area contributed by atoms with Gasteiger partial charge in [0, 0.05) is 6.04 Å². The van der Waals surface area contributed by atoms with Crippen LogP contribution in [0.5, 0.6) is 0 Å². The lowest BCUT2D eigenvalue weighted by molar-refractivity contribution is 0.0935. The van der Waals surface area contributed by atoms with Gasteiger partial charge < -0.3 is 10.7 Å². The van der Waals surface area contributed by atoms with E-state index in [0.29, 0.717) is 11.3 Å². The van der Waals surface area contributed by atoms with Crippen molar-refractivity contribution in [2.45, 2.75) is 39.7 Å². The molecule has 0 heterocycles. The minimum absolute atomic E-state index is 0.0772. The number of amides is 1. The topological polar surface area (TPSA) is 67.2 Å². The second-order valence-electron chi connectivity index (χ2n) is 4.18. The maximum absolute atomic E-state index is 12.1. The van der Waals surface area contributed by atoms with Crippen molar-refractivity contribution in [3.63, 3.8) is 0 Å². The van der Waals surface area contributed by atoms with Gasteiger partial charge in [0.1, 0.15) is 0 Å². The number of benzene rings is 1. The molecule has 0 saturated carbocycles. The minimum atomic E-state index is -0.0772. The molecule has 4 heteroatoms. The van der Waals surface area contributed by atoms with Gasteiger partial charge in [0.25, 0.3) is 5.91 Å². The van der Waals surface area contributed by atoms with Crippen LogP contribution in [0.1, 0.15) is 42.6 Å². The Kier molecular flexibility index (Phi) is 4.97. The highest BCUT2D eigenvalue weighted by atomic mass is 16.1. The zero-order chi connectivity index (χ0) is 12.8. The second kappa shape index (κ2) is 6.25. The summed E-state index contributed by atoms with van der Waals surface area (Å²) in [5.74, 6) is 5.35. The Hall–Kier alpha value is -1.55. The molecular formula is C13H21N3O. The third kappa shape index (κ3) is 3.46. The molecule has 0 saturated heterocycles. The van der Waals surface area contributed by atoms with Gasteiger partial charge in [-0.15, -0.1) is 0 Å². The first kappa shape index (κ1) is 13.5. The Bertz CT molecular complexity index is 386. The van der Waals surface area contributed by atoms with E-state index in [-0.39, 0.29) is 11.9 Å². The smallest absolute Gasteiger partial charge is 0.253 e. The van der Waals surface area contributed by atoms with Crippen molar-refractivity contribution >= 4 is 11.6 Å². The Morgan fingerprint density at radius 1 is 1.35 bits per heavy atom. The molecule has 0 aliphatic carbocycles. The first-order valence-electron chi connectivity index (χ1n) is 6.00. The van der Waals surface area contributed by atoms with Crippen molar-refractivity contribution in [3.8, 4) is 0 Å². The third-order valence-electron chi connectivity index (χ3n) is 2.90. The number of rotatable bonds is 5. The van der Waals surface area contributed by atoms with Crippen LogP contribution in [-0.4, -0.2) is 11.9 Å². The van der Waals surface area contributed by atoms with Crippen molar-refractivity contribution in [3.05, 3.63) is 29.3 Å². The highest BCUT2D eigenvalue weighted by Crippen LogP contribution is 2.16. The monoisotopic (exact) mass is 235 g/mol. The quantitative estimate of drug-likeness (QED) is 0.541. The molecule has 0 spiro atoms. The molecule has 1 aromatic rings. The standard InChI is InChI=1S/C13H21N3O/c1-4-10(5-2)15-13(17)11-7-6-9(3)8-12(11)16-14/h6-8,10,16H,4-5,14H2,1-3H3,(H,15,17). The van der Waals surface area contributed by atoms with Crippen LogP contribution in [0.2, 0.25) is 0 Å². The summed E-state index contributed by atoms with van der Waals surface area (Å²) in [5.41, 5.74) is 4.88. The van der Waals surface area contributed by atoms with Crippen LogP contribution in [-0.2, 0) is 0 Å². The lowest BCUT2D eigenvalue weighted by atomic mass is 10.1. The summed E-state index contributed by atoms with van der Waals surface area (Å²) in [6.45, 7) is 6.08. The molecule has 4 nitrogen and oxygen atoms in total. The molecule has 0 atom stereocenters. The van der Waals surface area contributed by atoms with Crippen LogP contribution in [0, 0.1) is 6.92 Å². The van der Waals surface area contributed by atoms with Crippen LogP contribution < -0.4 is 16.6 Å². The van der Waals surface area contributed by atoms with Gasteiger partial charge in [-0.05, 0) is 37.5 Å². The number of hydrogen-bond acceptors (Lipinski definition) is 3. The van der Waals surface area contributed by atoms with Crippen molar-refractivity contribution in [1.29, 1.82) is 0 Å². The van der Waals surface area contributed by atoms with E-state index >= 15 is 0 Å². The van der Waals surface area contributed by atoms with E-state index in [1.54, 1.807) is 6.07 Å². The fraction of sp³-hybridized carbons (Fsp3) is 0.462. The third-order valence-corrected chi connectivity index (χ3v) is 2.90. The molecule has 1 aromatic carbocycles. The summed E-state index contributed by atoms with van der Waals surface area (Å²) < 4.78 is 0. The SMILES string of the molecule is CCC(CC)NC(=O)c1ccc(C)cc1NN. The molecule has 0 radical (unpaired) electrons. The summed E-state index contributed by atoms with van der Waals surface area (Å²) in [6.07, 6.45) is 1.86. The van der Waals surface area contributed by atoms with Gasteiger partial charge >= 0.3 is 0 Å². The first-order valence-corrected chi connectivity index (χ1v) is 6.00. The highest BCUT2D eigenvalue weighted by molar-refractivity contribution is 5.99. The van der Waals surface area contributed by atoms with Crippen molar-refractivity contribution in [1.82, 2.24) is 5.32 Å². The Morgan fingerprint density at radius 3 is 2.53 bits per heavy atom. The maximum Gasteiger partial charge on any atom is 0.253 e. The average molecular weight is 235 g/mol. The van der Waals surface area contributed by atoms with Gasteiger partial charge in [-0.25, -0.2) is 0 Å². The van der Waals surface area contributed by atoms with Crippen LogP contribution in [0.15, 0.2) is 18.2 Å². The fourth-order valence-corrected chi connectivity index (χ4v) is 1.73. The summed E-state index contributed by atoms with van der Waals surface area (Å²) >= 11 is 0. The molecule has 0 aliphatic heterocycles. The lowest BCUT2D eigenvalue weighted by Gasteiger charge is -2.16. The summed E-state index contributed by atoms with van der Waals surface area (Å²) in [6, 6.07) is 5.78. The molecule has 17 heavy (non-hydrogen) atoms. The number of hydrazine groups is 1. The zero-order valence-electron chi connectivity index (χ0n) is 10.7. The number of nitrogens with two attached hydrogens (primary N) is 1. The Balaban J connectivity index is 2.88. The van der Waals surface area contributed by atoms with Crippen LogP contribution in [0.4, 0.5) is 5.69 Å². The summed E-state index contributed by atoms with van der Waals surface area (Å²) in [7, 11) is 0. The number of nitrogen functional groups attached to an aromatic ring is 1. The van der Waals surface area contributed by atoms with E-state index in [9.17, 15) is 4.79 Å². The Morgan fingerprint density at radius 2 is 2.00 bits per heavy atom. The molecule has 0 aliphatic rings. The van der Waals surface area contributed by atoms with E-state index < -0.39 is 0 Å². The molecule has 0 fully saturated rings. The predicted molar refractivity (Wildman–Crippen MR) is 70.8 cm³/mol. The van der Waals surface area contributed by atoms with Crippen LogP contribution in [0.25, 0.3) is 0 Å². The Labute approximate surface area is 103 Å². The van der Waals surface area contributed by atoms with Crippen LogP contribution >= 0.6 is 0 Å². The number of anilines is 1. The highest BCUT2D eigenvalue weighted by Gasteiger charge is 2.13. The largest absolute Gasteiger partial charge is 0.349 e. The van der Waals surface area contributed by atoms with Gasteiger partial charge in [0.05, 0.1) is 11.3 Å². The van der Waals surface area contributed by atoms with Crippen molar-refractivity contribution in [2.75, 3.05) is 5.43 Å². The number of carbonyl (C=O) groups excluding carboxylic acids is 1. The van der Waals surface area contributed by atoms with Gasteiger partial charge in [-0.3, -0.25) is 10.6 Å². The van der Waals surface area contributed by atoms with Crippen LogP contribution in [0.3, 0.4) is 0 Å². The molecular weight excluding hydrogens is 214 g/mol. The fourth-order valence-electron chi connectivity index (χ4n) is 1.73. The van der Waals surface area contributed by atoms with E-state index in [1.165, 1.54) is 0 Å². The van der Waals surface area contributed by atoms with E-state index in [2.05, 4.69) is 24.6 Å². The first-order chi connectivity index (χ1) is 8.12. The number of aryl methyl sites for hydroxylation is 1. The number of hydrogen-bond donors (Lipinski definition) is 3. The minimum Gasteiger partial charge on any atom is -0.349 e. The van der Waals surface area contributed by atoms with Gasteiger partial charge in [0.2, 0.25) is 0 Å². The summed E-state index contributed by atoms with van der Waals surface area (Å²) in [4.78, 5) is 12.1. The number of carbonyl (C=O) groups is 1. The van der Waals surface area contributed by atoms with E-state index in [4.69, 9.17) is 5.84 Å². The molecule has 1 amide bonds. The van der Waals surface area contributed by atoms with Gasteiger partial charge in [-0.2, -0.15) is 0 Å². The van der Waals surface area contributed by atoms with E-state index in [1.807, 2.05) is 19.1 Å². The zero-order valence-corrected chi connectivity index (χ0v) is 10.7. The lowest BCUT2D eigenvalue weighted by Crippen LogP contribution is -2.34. The number of nitrogens with one attached hydrogen (secondary N) is 2. The van der Waals surface area contributed by atoms with Crippen molar-refractivity contribution < 1.29 is 4.79 Å². The molecule has 0 aromatic heterocycles. The molecule has 94 valence electrons. The maximum atomic E-state index is 12.1. The molecule has 0 bridgehead atoms. The molecule has 0 unspecified atom stereocenters. The molecule has 4 N–H and O–H groups in total. The average Bonchev–Trinajstić information content (AvgIpc) is 2.35. The normalized spacial score (nSPS) is 10.4. The van der Waals surface area contributed by atoms with Crippen molar-refractivity contribution in [2.24, 2.45) is 5.84 Å². The van der Waals surface area contributed by atoms with Gasteiger partial charge in [-0.1, -0.05) is 19.9 Å². The molecule has 1 rings (SSSR count). The second-order valence-corrected chi connectivity index (χ2v) is 4.18. The van der Waals surface area contributed by atoms with Gasteiger partial charge in [0.15, 0.2) is 0 Å².